The van der Waals surface area contributed by atoms with Crippen molar-refractivity contribution in [3.8, 4) is 0 Å². The minimum Gasteiger partial charge on any atom is -0.368 e. The maximum absolute atomic E-state index is 12.8. The number of rotatable bonds is 3. The molecule has 1 heterocycles. The van der Waals surface area contributed by atoms with E-state index in [0.717, 1.165) is 44.2 Å². The largest absolute Gasteiger partial charge is 0.368 e. The van der Waals surface area contributed by atoms with E-state index in [1.165, 1.54) is 19.3 Å². The summed E-state index contributed by atoms with van der Waals surface area (Å²) in [6.45, 7) is 3.29. The van der Waals surface area contributed by atoms with E-state index in [4.69, 9.17) is 5.73 Å². The van der Waals surface area contributed by atoms with Gasteiger partial charge in [0.2, 0.25) is 11.8 Å². The highest BCUT2D eigenvalue weighted by Gasteiger charge is 2.44. The highest BCUT2D eigenvalue weighted by molar-refractivity contribution is 5.93. The Morgan fingerprint density at radius 1 is 0.958 bits per heavy atom. The molecule has 128 valence electrons. The van der Waals surface area contributed by atoms with Gasteiger partial charge < -0.3 is 15.5 Å². The summed E-state index contributed by atoms with van der Waals surface area (Å²) in [4.78, 5) is 28.3. The number of anilines is 1. The molecule has 0 spiro atoms. The zero-order chi connectivity index (χ0) is 16.7. The Balaban J connectivity index is 1.34. The zero-order valence-electron chi connectivity index (χ0n) is 14.0. The number of amides is 2. The molecule has 3 aliphatic rings. The smallest absolute Gasteiger partial charge is 0.248 e. The lowest BCUT2D eigenvalue weighted by molar-refractivity contribution is -0.137. The van der Waals surface area contributed by atoms with Gasteiger partial charge in [-0.25, -0.2) is 0 Å². The van der Waals surface area contributed by atoms with Crippen LogP contribution in [-0.4, -0.2) is 42.9 Å². The van der Waals surface area contributed by atoms with Crippen molar-refractivity contribution in [1.82, 2.24) is 4.90 Å². The Labute approximate surface area is 142 Å². The minimum atomic E-state index is -0.400. The molecule has 0 radical (unpaired) electrons. The fourth-order valence-corrected chi connectivity index (χ4v) is 4.80. The van der Waals surface area contributed by atoms with Crippen molar-refractivity contribution in [3.05, 3.63) is 29.8 Å². The average Bonchev–Trinajstić information content (AvgIpc) is 3.25. The molecule has 5 heteroatoms. The number of carbonyl (C=O) groups excluding carboxylic acids is 2. The number of fused-ring (bicyclic) bond motifs is 2. The molecule has 3 fully saturated rings. The normalized spacial score (nSPS) is 29.1. The van der Waals surface area contributed by atoms with Crippen LogP contribution in [-0.2, 0) is 4.79 Å². The molecule has 24 heavy (non-hydrogen) atoms. The Hall–Kier alpha value is -2.04. The van der Waals surface area contributed by atoms with Gasteiger partial charge in [0.15, 0.2) is 0 Å². The molecular formula is C19H25N3O2. The molecule has 1 aromatic carbocycles. The fourth-order valence-electron chi connectivity index (χ4n) is 4.80. The number of nitrogens with two attached hydrogens (primary N) is 1. The molecule has 2 N–H and O–H groups in total. The standard InChI is InChI=1S/C19H25N3O2/c20-18(23)14-3-5-16(6-4-14)21-7-9-22(10-8-21)19(24)17-12-13-1-2-15(17)11-13/h3-6,13,15,17H,1-2,7-12H2,(H2,20,23). The number of hydrogen-bond acceptors (Lipinski definition) is 3. The van der Waals surface area contributed by atoms with Gasteiger partial charge in [-0.15, -0.1) is 0 Å². The number of carbonyl (C=O) groups is 2. The van der Waals surface area contributed by atoms with Crippen LogP contribution in [0.3, 0.4) is 0 Å². The summed E-state index contributed by atoms with van der Waals surface area (Å²) in [5.41, 5.74) is 6.90. The molecule has 0 aromatic heterocycles. The molecule has 1 aromatic rings. The van der Waals surface area contributed by atoms with Crippen LogP contribution < -0.4 is 10.6 Å². The highest BCUT2D eigenvalue weighted by atomic mass is 16.2. The van der Waals surface area contributed by atoms with Crippen LogP contribution in [0.1, 0.15) is 36.0 Å². The number of benzene rings is 1. The third-order valence-corrected chi connectivity index (χ3v) is 6.16. The van der Waals surface area contributed by atoms with E-state index in [-0.39, 0.29) is 0 Å². The van der Waals surface area contributed by atoms with Crippen LogP contribution in [0.5, 0.6) is 0 Å². The highest BCUT2D eigenvalue weighted by Crippen LogP contribution is 2.48. The second-order valence-corrected chi connectivity index (χ2v) is 7.50. The monoisotopic (exact) mass is 327 g/mol. The van der Waals surface area contributed by atoms with Gasteiger partial charge in [0.1, 0.15) is 0 Å². The molecular weight excluding hydrogens is 302 g/mol. The summed E-state index contributed by atoms with van der Waals surface area (Å²) < 4.78 is 0. The summed E-state index contributed by atoms with van der Waals surface area (Å²) >= 11 is 0. The van der Waals surface area contributed by atoms with E-state index in [0.29, 0.717) is 23.3 Å². The van der Waals surface area contributed by atoms with Gasteiger partial charge in [0, 0.05) is 43.3 Å². The van der Waals surface area contributed by atoms with Crippen LogP contribution in [0.15, 0.2) is 24.3 Å². The number of primary amides is 1. The average molecular weight is 327 g/mol. The lowest BCUT2D eigenvalue weighted by Gasteiger charge is -2.38. The lowest BCUT2D eigenvalue weighted by Crippen LogP contribution is -2.51. The van der Waals surface area contributed by atoms with Crippen molar-refractivity contribution < 1.29 is 9.59 Å². The van der Waals surface area contributed by atoms with Crippen molar-refractivity contribution in [2.45, 2.75) is 25.7 Å². The Kier molecular flexibility index (Phi) is 3.94. The van der Waals surface area contributed by atoms with E-state index < -0.39 is 5.91 Å². The lowest BCUT2D eigenvalue weighted by atomic mass is 9.87. The van der Waals surface area contributed by atoms with Crippen LogP contribution >= 0.6 is 0 Å². The molecule has 2 aliphatic carbocycles. The first-order valence-electron chi connectivity index (χ1n) is 9.05. The van der Waals surface area contributed by atoms with Crippen LogP contribution in [0.2, 0.25) is 0 Å². The van der Waals surface area contributed by atoms with Crippen molar-refractivity contribution in [1.29, 1.82) is 0 Å². The van der Waals surface area contributed by atoms with Gasteiger partial charge in [-0.1, -0.05) is 6.42 Å². The molecule has 3 unspecified atom stereocenters. The summed E-state index contributed by atoms with van der Waals surface area (Å²) in [6.07, 6.45) is 5.00. The van der Waals surface area contributed by atoms with Crippen LogP contribution in [0.4, 0.5) is 5.69 Å². The van der Waals surface area contributed by atoms with Gasteiger partial charge >= 0.3 is 0 Å². The number of piperazine rings is 1. The van der Waals surface area contributed by atoms with E-state index in [2.05, 4.69) is 9.80 Å². The molecule has 1 saturated heterocycles. The molecule has 5 nitrogen and oxygen atoms in total. The molecule has 2 saturated carbocycles. The maximum Gasteiger partial charge on any atom is 0.248 e. The van der Waals surface area contributed by atoms with Crippen molar-refractivity contribution >= 4 is 17.5 Å². The molecule has 2 amide bonds. The zero-order valence-corrected chi connectivity index (χ0v) is 14.0. The number of hydrogen-bond donors (Lipinski definition) is 1. The first-order valence-corrected chi connectivity index (χ1v) is 9.05. The first-order chi connectivity index (χ1) is 11.6. The summed E-state index contributed by atoms with van der Waals surface area (Å²) in [7, 11) is 0. The minimum absolute atomic E-state index is 0.296. The predicted octanol–water partition coefficient (Wildman–Crippen LogP) is 1.87. The van der Waals surface area contributed by atoms with Crippen molar-refractivity contribution in [2.75, 3.05) is 31.1 Å². The summed E-state index contributed by atoms with van der Waals surface area (Å²) in [5.74, 6) is 1.76. The molecule has 4 rings (SSSR count). The van der Waals surface area contributed by atoms with Gasteiger partial charge in [-0.3, -0.25) is 9.59 Å². The van der Waals surface area contributed by atoms with E-state index in [9.17, 15) is 9.59 Å². The van der Waals surface area contributed by atoms with Gasteiger partial charge in [0.05, 0.1) is 0 Å². The quantitative estimate of drug-likeness (QED) is 0.921. The van der Waals surface area contributed by atoms with Crippen LogP contribution in [0, 0.1) is 17.8 Å². The second-order valence-electron chi connectivity index (χ2n) is 7.50. The Bertz CT molecular complexity index is 635. The van der Waals surface area contributed by atoms with Crippen molar-refractivity contribution in [3.63, 3.8) is 0 Å². The van der Waals surface area contributed by atoms with Gasteiger partial charge in [-0.2, -0.15) is 0 Å². The van der Waals surface area contributed by atoms with Crippen molar-refractivity contribution in [2.24, 2.45) is 23.5 Å². The predicted molar refractivity (Wildman–Crippen MR) is 92.7 cm³/mol. The number of nitrogens with zero attached hydrogens (tertiary/aromatic N) is 2. The Morgan fingerprint density at radius 2 is 1.67 bits per heavy atom. The maximum atomic E-state index is 12.8. The third-order valence-electron chi connectivity index (χ3n) is 6.16. The Morgan fingerprint density at radius 3 is 2.21 bits per heavy atom. The summed E-state index contributed by atoms with van der Waals surface area (Å²) in [6, 6.07) is 7.41. The third kappa shape index (κ3) is 2.76. The van der Waals surface area contributed by atoms with E-state index in [1.807, 2.05) is 12.1 Å². The van der Waals surface area contributed by atoms with E-state index in [1.54, 1.807) is 12.1 Å². The fraction of sp³-hybridized carbons (Fsp3) is 0.579. The second kappa shape index (κ2) is 6.11. The van der Waals surface area contributed by atoms with Crippen LogP contribution in [0.25, 0.3) is 0 Å². The molecule has 3 atom stereocenters. The summed E-state index contributed by atoms with van der Waals surface area (Å²) in [5, 5.41) is 0. The molecule has 2 bridgehead atoms. The molecule has 1 aliphatic heterocycles. The van der Waals surface area contributed by atoms with E-state index >= 15 is 0 Å². The van der Waals surface area contributed by atoms with Gasteiger partial charge in [-0.05, 0) is 55.4 Å². The first kappa shape index (κ1) is 15.5. The van der Waals surface area contributed by atoms with Gasteiger partial charge in [0.25, 0.3) is 0 Å². The SMILES string of the molecule is NC(=O)c1ccc(N2CCN(C(=O)C3CC4CCC3C4)CC2)cc1. The topological polar surface area (TPSA) is 66.6 Å².